The van der Waals surface area contributed by atoms with Gasteiger partial charge in [-0.1, -0.05) is 6.07 Å². The van der Waals surface area contributed by atoms with Crippen molar-refractivity contribution in [3.63, 3.8) is 0 Å². The monoisotopic (exact) mass is 264 g/mol. The molecule has 0 fully saturated rings. The van der Waals surface area contributed by atoms with Gasteiger partial charge in [-0.25, -0.2) is 0 Å². The van der Waals surface area contributed by atoms with Crippen LogP contribution in [0.25, 0.3) is 11.5 Å². The summed E-state index contributed by atoms with van der Waals surface area (Å²) in [7, 11) is 0. The molecule has 0 saturated heterocycles. The van der Waals surface area contributed by atoms with Gasteiger partial charge in [-0.2, -0.15) is 0 Å². The molecule has 0 N–H and O–H groups in total. The van der Waals surface area contributed by atoms with Crippen LogP contribution in [0.3, 0.4) is 0 Å². The van der Waals surface area contributed by atoms with E-state index in [9.17, 15) is 0 Å². The van der Waals surface area contributed by atoms with Crippen molar-refractivity contribution in [2.24, 2.45) is 0 Å². The minimum absolute atomic E-state index is 0.564. The molecule has 0 amide bonds. The lowest BCUT2D eigenvalue weighted by atomic mass is 10.1. The Morgan fingerprint density at radius 1 is 1.17 bits per heavy atom. The third kappa shape index (κ3) is 2.26. The van der Waals surface area contributed by atoms with Crippen LogP contribution in [-0.4, -0.2) is 16.1 Å². The third-order valence-corrected chi connectivity index (χ3v) is 3.23. The maximum Gasteiger partial charge on any atom is 0.247 e. The molecule has 0 unspecified atom stereocenters. The molecule has 18 heavy (non-hydrogen) atoms. The Balaban J connectivity index is 1.83. The molecule has 3 rings (SSSR count). The van der Waals surface area contributed by atoms with Crippen LogP contribution >= 0.6 is 11.6 Å². The first kappa shape index (κ1) is 11.7. The van der Waals surface area contributed by atoms with Gasteiger partial charge in [0, 0.05) is 17.9 Å². The minimum Gasteiger partial charge on any atom is -0.421 e. The summed E-state index contributed by atoms with van der Waals surface area (Å²) in [5, 5.41) is 8.08. The molecule has 0 aliphatic carbocycles. The SMILES string of the molecule is ClCCCc1nnc(-c2ccc3c(c2)COC3)o1. The van der Waals surface area contributed by atoms with Gasteiger partial charge < -0.3 is 9.15 Å². The summed E-state index contributed by atoms with van der Waals surface area (Å²) < 4.78 is 11.0. The zero-order chi connectivity index (χ0) is 12.4. The lowest BCUT2D eigenvalue weighted by molar-refractivity contribution is 0.134. The van der Waals surface area contributed by atoms with Crippen molar-refractivity contribution in [1.82, 2.24) is 10.2 Å². The Hall–Kier alpha value is -1.39. The van der Waals surface area contributed by atoms with E-state index >= 15 is 0 Å². The number of alkyl halides is 1. The molecule has 0 saturated carbocycles. The maximum atomic E-state index is 5.64. The molecule has 1 aromatic carbocycles. The van der Waals surface area contributed by atoms with E-state index in [0.717, 1.165) is 18.4 Å². The Kier molecular flexibility index (Phi) is 3.30. The summed E-state index contributed by atoms with van der Waals surface area (Å²) >= 11 is 5.64. The Labute approximate surface area is 110 Å². The molecule has 94 valence electrons. The van der Waals surface area contributed by atoms with E-state index in [1.165, 1.54) is 11.1 Å². The van der Waals surface area contributed by atoms with E-state index in [-0.39, 0.29) is 0 Å². The number of halogens is 1. The summed E-state index contributed by atoms with van der Waals surface area (Å²) in [6.07, 6.45) is 1.58. The Morgan fingerprint density at radius 3 is 2.94 bits per heavy atom. The van der Waals surface area contributed by atoms with Crippen molar-refractivity contribution in [3.05, 3.63) is 35.2 Å². The van der Waals surface area contributed by atoms with Gasteiger partial charge in [-0.3, -0.25) is 0 Å². The zero-order valence-corrected chi connectivity index (χ0v) is 10.6. The zero-order valence-electron chi connectivity index (χ0n) is 9.86. The van der Waals surface area contributed by atoms with E-state index in [2.05, 4.69) is 22.3 Å². The second-order valence-corrected chi connectivity index (χ2v) is 4.65. The van der Waals surface area contributed by atoms with Crippen molar-refractivity contribution < 1.29 is 9.15 Å². The molecule has 2 heterocycles. The number of aromatic nitrogens is 2. The van der Waals surface area contributed by atoms with E-state index in [4.69, 9.17) is 20.8 Å². The van der Waals surface area contributed by atoms with Crippen molar-refractivity contribution >= 4 is 11.6 Å². The van der Waals surface area contributed by atoms with Gasteiger partial charge >= 0.3 is 0 Å². The van der Waals surface area contributed by atoms with Crippen LogP contribution in [0.5, 0.6) is 0 Å². The fourth-order valence-corrected chi connectivity index (χ4v) is 2.13. The standard InChI is InChI=1S/C13H13ClN2O2/c14-5-1-2-12-15-16-13(18-12)9-3-4-10-7-17-8-11(10)6-9/h3-4,6H,1-2,5,7-8H2. The van der Waals surface area contributed by atoms with E-state index < -0.39 is 0 Å². The first-order valence-electron chi connectivity index (χ1n) is 5.95. The summed E-state index contributed by atoms with van der Waals surface area (Å²) in [5.41, 5.74) is 3.39. The van der Waals surface area contributed by atoms with Crippen molar-refractivity contribution in [3.8, 4) is 11.5 Å². The Morgan fingerprint density at radius 2 is 2.06 bits per heavy atom. The summed E-state index contributed by atoms with van der Waals surface area (Å²) in [6.45, 7) is 1.36. The molecule has 4 nitrogen and oxygen atoms in total. The average Bonchev–Trinajstić information content (AvgIpc) is 3.04. The van der Waals surface area contributed by atoms with E-state index in [0.29, 0.717) is 30.9 Å². The smallest absolute Gasteiger partial charge is 0.247 e. The van der Waals surface area contributed by atoms with Crippen LogP contribution in [-0.2, 0) is 24.4 Å². The third-order valence-electron chi connectivity index (χ3n) is 2.96. The first-order valence-corrected chi connectivity index (χ1v) is 6.48. The van der Waals surface area contributed by atoms with Gasteiger partial charge in [-0.15, -0.1) is 21.8 Å². The topological polar surface area (TPSA) is 48.2 Å². The number of rotatable bonds is 4. The Bertz CT molecular complexity index is 554. The van der Waals surface area contributed by atoms with Gasteiger partial charge in [-0.05, 0) is 29.7 Å². The summed E-state index contributed by atoms with van der Waals surface area (Å²) in [4.78, 5) is 0. The lowest BCUT2D eigenvalue weighted by Crippen LogP contribution is -1.85. The highest BCUT2D eigenvalue weighted by Gasteiger charge is 2.14. The van der Waals surface area contributed by atoms with Gasteiger partial charge in [0.25, 0.3) is 0 Å². The average molecular weight is 265 g/mol. The van der Waals surface area contributed by atoms with Crippen molar-refractivity contribution in [2.75, 3.05) is 5.88 Å². The van der Waals surface area contributed by atoms with Crippen LogP contribution in [0, 0.1) is 0 Å². The van der Waals surface area contributed by atoms with Crippen molar-refractivity contribution in [1.29, 1.82) is 0 Å². The lowest BCUT2D eigenvalue weighted by Gasteiger charge is -1.99. The van der Waals surface area contributed by atoms with E-state index in [1.54, 1.807) is 0 Å². The predicted octanol–water partition coefficient (Wildman–Crippen LogP) is 2.94. The molecule has 0 atom stereocenters. The van der Waals surface area contributed by atoms with Crippen molar-refractivity contribution in [2.45, 2.75) is 26.1 Å². The molecular formula is C13H13ClN2O2. The summed E-state index contributed by atoms with van der Waals surface area (Å²) in [5.74, 6) is 1.81. The quantitative estimate of drug-likeness (QED) is 0.797. The number of ether oxygens (including phenoxy) is 1. The second-order valence-electron chi connectivity index (χ2n) is 4.27. The number of nitrogens with zero attached hydrogens (tertiary/aromatic N) is 2. The molecule has 2 aromatic rings. The molecule has 0 spiro atoms. The molecular weight excluding hydrogens is 252 g/mol. The largest absolute Gasteiger partial charge is 0.421 e. The van der Waals surface area contributed by atoms with Crippen LogP contribution in [0.1, 0.15) is 23.4 Å². The predicted molar refractivity (Wildman–Crippen MR) is 67.3 cm³/mol. The number of hydrogen-bond donors (Lipinski definition) is 0. The van der Waals surface area contributed by atoms with E-state index in [1.807, 2.05) is 6.07 Å². The molecule has 1 aromatic heterocycles. The van der Waals surface area contributed by atoms with Crippen LogP contribution in [0.15, 0.2) is 22.6 Å². The van der Waals surface area contributed by atoms with Gasteiger partial charge in [0.1, 0.15) is 0 Å². The molecule has 0 radical (unpaired) electrons. The fourth-order valence-electron chi connectivity index (χ4n) is 1.99. The second kappa shape index (κ2) is 5.08. The number of benzene rings is 1. The summed E-state index contributed by atoms with van der Waals surface area (Å²) in [6, 6.07) is 6.10. The van der Waals surface area contributed by atoms with Gasteiger partial charge in [0.2, 0.25) is 11.8 Å². The fraction of sp³-hybridized carbons (Fsp3) is 0.385. The van der Waals surface area contributed by atoms with Crippen LogP contribution in [0.4, 0.5) is 0 Å². The highest BCUT2D eigenvalue weighted by atomic mass is 35.5. The van der Waals surface area contributed by atoms with Crippen LogP contribution < -0.4 is 0 Å². The highest BCUT2D eigenvalue weighted by molar-refractivity contribution is 6.17. The molecule has 5 heteroatoms. The minimum atomic E-state index is 0.564. The number of hydrogen-bond acceptors (Lipinski definition) is 4. The number of fused-ring (bicyclic) bond motifs is 1. The normalized spacial score (nSPS) is 13.8. The van der Waals surface area contributed by atoms with Gasteiger partial charge in [0.05, 0.1) is 13.2 Å². The van der Waals surface area contributed by atoms with Gasteiger partial charge in [0.15, 0.2) is 0 Å². The maximum absolute atomic E-state index is 5.64. The number of aryl methyl sites for hydroxylation is 1. The molecule has 0 bridgehead atoms. The molecule has 1 aliphatic rings. The van der Waals surface area contributed by atoms with Crippen LogP contribution in [0.2, 0.25) is 0 Å². The molecule has 1 aliphatic heterocycles. The highest BCUT2D eigenvalue weighted by Crippen LogP contribution is 2.26. The first-order chi connectivity index (χ1) is 8.86.